The highest BCUT2D eigenvalue weighted by atomic mass is 127. The van der Waals surface area contributed by atoms with Crippen LogP contribution in [-0.4, -0.2) is 13.7 Å². The molecular formula is C5H11IO2Si. The summed E-state index contributed by atoms with van der Waals surface area (Å²) in [5, 5.41) is 0. The SMILES string of the molecule is C=C(OCI)O[SiH](C)C. The molecule has 9 heavy (non-hydrogen) atoms. The molecule has 0 aromatic rings. The normalized spacial score (nSPS) is 9.33. The number of rotatable bonds is 4. The van der Waals surface area contributed by atoms with Gasteiger partial charge in [-0.2, -0.15) is 0 Å². The van der Waals surface area contributed by atoms with Gasteiger partial charge >= 0.3 is 0 Å². The summed E-state index contributed by atoms with van der Waals surface area (Å²) in [5.41, 5.74) is 0. The van der Waals surface area contributed by atoms with Crippen molar-refractivity contribution in [1.82, 2.24) is 0 Å². The largest absolute Gasteiger partial charge is 0.523 e. The number of hydrogen-bond donors (Lipinski definition) is 0. The minimum atomic E-state index is -0.988. The molecule has 0 heterocycles. The van der Waals surface area contributed by atoms with E-state index in [0.717, 1.165) is 0 Å². The van der Waals surface area contributed by atoms with Crippen molar-refractivity contribution in [2.45, 2.75) is 13.1 Å². The molecule has 0 saturated heterocycles. The Morgan fingerprint density at radius 3 is 2.56 bits per heavy atom. The zero-order valence-electron chi connectivity index (χ0n) is 5.69. The van der Waals surface area contributed by atoms with Crippen LogP contribution in [0.5, 0.6) is 0 Å². The second-order valence-corrected chi connectivity index (χ2v) is 4.75. The first-order valence-electron chi connectivity index (χ1n) is 2.71. The third-order valence-electron chi connectivity index (χ3n) is 0.583. The van der Waals surface area contributed by atoms with E-state index in [1.165, 1.54) is 0 Å². The van der Waals surface area contributed by atoms with E-state index in [4.69, 9.17) is 9.16 Å². The van der Waals surface area contributed by atoms with E-state index in [1.807, 2.05) is 0 Å². The average molecular weight is 258 g/mol. The fourth-order valence-corrected chi connectivity index (χ4v) is 1.30. The lowest BCUT2D eigenvalue weighted by Gasteiger charge is -2.10. The third kappa shape index (κ3) is 6.17. The molecule has 2 nitrogen and oxygen atoms in total. The van der Waals surface area contributed by atoms with Gasteiger partial charge in [-0.1, -0.05) is 0 Å². The van der Waals surface area contributed by atoms with Crippen LogP contribution in [0.2, 0.25) is 13.1 Å². The van der Waals surface area contributed by atoms with Gasteiger partial charge in [-0.05, 0) is 42.3 Å². The smallest absolute Gasteiger partial charge is 0.258 e. The summed E-state index contributed by atoms with van der Waals surface area (Å²) in [6.07, 6.45) is 0. The monoisotopic (exact) mass is 258 g/mol. The van der Waals surface area contributed by atoms with Gasteiger partial charge in [0.1, 0.15) is 4.61 Å². The van der Waals surface area contributed by atoms with Crippen LogP contribution in [0, 0.1) is 0 Å². The van der Waals surface area contributed by atoms with E-state index < -0.39 is 9.04 Å². The van der Waals surface area contributed by atoms with Crippen LogP contribution < -0.4 is 0 Å². The first kappa shape index (κ1) is 9.29. The Morgan fingerprint density at radius 2 is 2.22 bits per heavy atom. The molecule has 0 aliphatic carbocycles. The van der Waals surface area contributed by atoms with Crippen LogP contribution in [-0.2, 0) is 9.16 Å². The van der Waals surface area contributed by atoms with Gasteiger partial charge in [-0.25, -0.2) is 0 Å². The predicted octanol–water partition coefficient (Wildman–Crippen LogP) is 1.87. The van der Waals surface area contributed by atoms with Gasteiger partial charge in [0.05, 0.1) is 0 Å². The lowest BCUT2D eigenvalue weighted by molar-refractivity contribution is 0.149. The van der Waals surface area contributed by atoms with Gasteiger partial charge in [0.15, 0.2) is 0 Å². The quantitative estimate of drug-likeness (QED) is 0.332. The van der Waals surface area contributed by atoms with Gasteiger partial charge in [0, 0.05) is 0 Å². The van der Waals surface area contributed by atoms with Crippen molar-refractivity contribution < 1.29 is 9.16 Å². The zero-order chi connectivity index (χ0) is 7.28. The summed E-state index contributed by atoms with van der Waals surface area (Å²) in [6.45, 7) is 7.71. The highest BCUT2D eigenvalue weighted by Crippen LogP contribution is 2.00. The summed E-state index contributed by atoms with van der Waals surface area (Å²) < 4.78 is 10.8. The molecule has 0 spiro atoms. The maximum Gasteiger partial charge on any atom is 0.258 e. The zero-order valence-corrected chi connectivity index (χ0v) is 9.00. The van der Waals surface area contributed by atoms with Gasteiger partial charge < -0.3 is 9.16 Å². The number of halogens is 1. The van der Waals surface area contributed by atoms with Crippen LogP contribution in [0.4, 0.5) is 0 Å². The van der Waals surface area contributed by atoms with Crippen molar-refractivity contribution >= 4 is 31.6 Å². The van der Waals surface area contributed by atoms with Gasteiger partial charge in [-0.15, -0.1) is 0 Å². The fraction of sp³-hybridized carbons (Fsp3) is 0.600. The Morgan fingerprint density at radius 1 is 1.67 bits per heavy atom. The first-order chi connectivity index (χ1) is 4.16. The molecule has 0 aromatic carbocycles. The highest BCUT2D eigenvalue weighted by Gasteiger charge is 1.98. The molecule has 4 heteroatoms. The average Bonchev–Trinajstić information content (AvgIpc) is 1.63. The molecule has 0 atom stereocenters. The lowest BCUT2D eigenvalue weighted by Crippen LogP contribution is -2.07. The second-order valence-electron chi connectivity index (χ2n) is 1.79. The van der Waals surface area contributed by atoms with Crippen LogP contribution in [0.25, 0.3) is 0 Å². The van der Waals surface area contributed by atoms with E-state index >= 15 is 0 Å². The Balaban J connectivity index is 3.27. The lowest BCUT2D eigenvalue weighted by atomic mass is 11.0. The molecular weight excluding hydrogens is 247 g/mol. The molecule has 0 N–H and O–H groups in total. The summed E-state index contributed by atoms with van der Waals surface area (Å²) >= 11 is 2.10. The van der Waals surface area contributed by atoms with E-state index in [-0.39, 0.29) is 0 Å². The summed E-state index contributed by atoms with van der Waals surface area (Å²) in [7, 11) is -0.988. The fourth-order valence-electron chi connectivity index (χ4n) is 0.358. The molecule has 0 aliphatic heterocycles. The molecule has 0 unspecified atom stereocenters. The number of ether oxygens (including phenoxy) is 1. The molecule has 0 bridgehead atoms. The molecule has 0 rings (SSSR count). The van der Waals surface area contributed by atoms with Crippen LogP contribution in [0.1, 0.15) is 0 Å². The molecule has 0 amide bonds. The standard InChI is InChI=1S/C5H11IO2Si/c1-5(7-4-6)8-9(2)3/h9H,1,4H2,2-3H3. The number of alkyl halides is 1. The summed E-state index contributed by atoms with van der Waals surface area (Å²) in [5.74, 6) is 0.464. The Bertz CT molecular complexity index is 95.0. The molecule has 0 aromatic heterocycles. The van der Waals surface area contributed by atoms with Crippen molar-refractivity contribution in [3.63, 3.8) is 0 Å². The Labute approximate surface area is 71.1 Å². The van der Waals surface area contributed by atoms with Crippen molar-refractivity contribution in [2.24, 2.45) is 0 Å². The third-order valence-corrected chi connectivity index (χ3v) is 1.63. The van der Waals surface area contributed by atoms with Crippen LogP contribution in [0.3, 0.4) is 0 Å². The van der Waals surface area contributed by atoms with E-state index in [1.54, 1.807) is 0 Å². The van der Waals surface area contributed by atoms with Crippen molar-refractivity contribution in [3.8, 4) is 0 Å². The van der Waals surface area contributed by atoms with E-state index in [0.29, 0.717) is 10.6 Å². The van der Waals surface area contributed by atoms with Crippen molar-refractivity contribution in [3.05, 3.63) is 12.5 Å². The maximum absolute atomic E-state index is 5.21. The first-order valence-corrected chi connectivity index (χ1v) is 7.01. The van der Waals surface area contributed by atoms with Crippen LogP contribution in [0.15, 0.2) is 12.5 Å². The molecule has 0 aliphatic rings. The maximum atomic E-state index is 5.21. The molecule has 0 fully saturated rings. The minimum Gasteiger partial charge on any atom is -0.523 e. The summed E-state index contributed by atoms with van der Waals surface area (Å²) in [6, 6.07) is 0. The van der Waals surface area contributed by atoms with Gasteiger partial charge in [0.25, 0.3) is 5.95 Å². The van der Waals surface area contributed by atoms with E-state index in [9.17, 15) is 0 Å². The second kappa shape index (κ2) is 5.10. The molecule has 54 valence electrons. The summed E-state index contributed by atoms with van der Waals surface area (Å²) in [4.78, 5) is 0. The minimum absolute atomic E-state index is 0.464. The Kier molecular flexibility index (Phi) is 5.26. The molecule has 0 saturated carbocycles. The van der Waals surface area contributed by atoms with Crippen molar-refractivity contribution in [1.29, 1.82) is 0 Å². The molecule has 0 radical (unpaired) electrons. The van der Waals surface area contributed by atoms with Gasteiger partial charge in [0.2, 0.25) is 9.04 Å². The van der Waals surface area contributed by atoms with Gasteiger partial charge in [-0.3, -0.25) is 0 Å². The topological polar surface area (TPSA) is 18.5 Å². The number of hydrogen-bond acceptors (Lipinski definition) is 2. The predicted molar refractivity (Wildman–Crippen MR) is 49.1 cm³/mol. The van der Waals surface area contributed by atoms with E-state index in [2.05, 4.69) is 42.3 Å². The van der Waals surface area contributed by atoms with Crippen molar-refractivity contribution in [2.75, 3.05) is 4.61 Å². The Hall–Kier alpha value is 0.287. The highest BCUT2D eigenvalue weighted by molar-refractivity contribution is 14.1. The van der Waals surface area contributed by atoms with Crippen LogP contribution >= 0.6 is 22.6 Å².